The summed E-state index contributed by atoms with van der Waals surface area (Å²) in [6, 6.07) is 0.605. The van der Waals surface area contributed by atoms with Gasteiger partial charge < -0.3 is 9.80 Å². The van der Waals surface area contributed by atoms with Crippen molar-refractivity contribution in [2.75, 3.05) is 29.4 Å². The van der Waals surface area contributed by atoms with E-state index in [0.717, 1.165) is 31.5 Å². The Kier molecular flexibility index (Phi) is 3.48. The Hall–Kier alpha value is -1.10. The molecule has 3 rings (SSSR count). The lowest BCUT2D eigenvalue weighted by Crippen LogP contribution is -2.34. The molecule has 1 aromatic heterocycles. The number of fused-ring (bicyclic) bond motifs is 2. The van der Waals surface area contributed by atoms with E-state index in [2.05, 4.69) is 38.6 Å². The number of rotatable bonds is 4. The molecule has 0 amide bonds. The van der Waals surface area contributed by atoms with Gasteiger partial charge in [-0.15, -0.1) is 0 Å². The van der Waals surface area contributed by atoms with Gasteiger partial charge in [-0.05, 0) is 50.6 Å². The van der Waals surface area contributed by atoms with Gasteiger partial charge in [-0.25, -0.2) is 0 Å². The smallest absolute Gasteiger partial charge is 0.231 e. The third-order valence-electron chi connectivity index (χ3n) is 4.30. The van der Waals surface area contributed by atoms with Gasteiger partial charge in [0.1, 0.15) is 0 Å². The summed E-state index contributed by atoms with van der Waals surface area (Å²) < 4.78 is 0. The molecule has 19 heavy (non-hydrogen) atoms. The van der Waals surface area contributed by atoms with Crippen LogP contribution < -0.4 is 9.80 Å². The lowest BCUT2D eigenvalue weighted by atomic mass is 10.1. The number of nitrogens with zero attached hydrogens (tertiary/aromatic N) is 5. The van der Waals surface area contributed by atoms with E-state index >= 15 is 0 Å². The molecule has 0 spiro atoms. The summed E-state index contributed by atoms with van der Waals surface area (Å²) in [5.74, 6) is 2.27. The third kappa shape index (κ3) is 2.36. The van der Waals surface area contributed by atoms with Crippen LogP contribution in [0.5, 0.6) is 0 Å². The summed E-state index contributed by atoms with van der Waals surface area (Å²) in [5, 5.41) is 0.301. The molecule has 6 heteroatoms. The number of hydrogen-bond donors (Lipinski definition) is 0. The van der Waals surface area contributed by atoms with E-state index in [1.54, 1.807) is 0 Å². The number of anilines is 2. The van der Waals surface area contributed by atoms with E-state index in [4.69, 9.17) is 11.6 Å². The third-order valence-corrected chi connectivity index (χ3v) is 4.47. The molecular formula is C13H20ClN5. The van der Waals surface area contributed by atoms with Crippen molar-refractivity contribution in [2.45, 2.75) is 39.2 Å². The molecule has 104 valence electrons. The highest BCUT2D eigenvalue weighted by atomic mass is 35.5. The fourth-order valence-corrected chi connectivity index (χ4v) is 3.43. The van der Waals surface area contributed by atoms with Gasteiger partial charge in [0, 0.05) is 25.7 Å². The minimum Gasteiger partial charge on any atom is -0.341 e. The summed E-state index contributed by atoms with van der Waals surface area (Å²) in [4.78, 5) is 17.6. The van der Waals surface area contributed by atoms with Crippen LogP contribution in [-0.2, 0) is 0 Å². The Morgan fingerprint density at radius 3 is 2.58 bits per heavy atom. The van der Waals surface area contributed by atoms with E-state index in [-0.39, 0.29) is 0 Å². The topological polar surface area (TPSA) is 45.2 Å². The highest BCUT2D eigenvalue weighted by Crippen LogP contribution is 2.39. The molecular weight excluding hydrogens is 262 g/mol. The van der Waals surface area contributed by atoms with Crippen molar-refractivity contribution in [1.82, 2.24) is 15.0 Å². The van der Waals surface area contributed by atoms with Crippen molar-refractivity contribution in [3.05, 3.63) is 5.28 Å². The zero-order chi connectivity index (χ0) is 13.4. The molecule has 1 aromatic rings. The molecule has 2 heterocycles. The van der Waals surface area contributed by atoms with E-state index in [1.807, 2.05) is 0 Å². The fourth-order valence-electron chi connectivity index (χ4n) is 3.28. The monoisotopic (exact) mass is 281 g/mol. The van der Waals surface area contributed by atoms with Gasteiger partial charge in [-0.1, -0.05) is 0 Å². The number of hydrogen-bond acceptors (Lipinski definition) is 5. The van der Waals surface area contributed by atoms with Gasteiger partial charge in [0.05, 0.1) is 0 Å². The number of aromatic nitrogens is 3. The van der Waals surface area contributed by atoms with Crippen LogP contribution in [0.1, 0.15) is 33.1 Å². The van der Waals surface area contributed by atoms with Gasteiger partial charge >= 0.3 is 0 Å². The highest BCUT2D eigenvalue weighted by Gasteiger charge is 2.39. The molecule has 2 fully saturated rings. The second-order valence-corrected chi connectivity index (χ2v) is 5.70. The molecule has 2 aliphatic rings. The van der Waals surface area contributed by atoms with Gasteiger partial charge in [-0.2, -0.15) is 15.0 Å². The Balaban J connectivity index is 1.89. The standard InChI is InChI=1S/C13H20ClN5/c1-3-18(4-2)12-15-11(14)16-13(17-12)19-8-9-5-6-10(19)7-9/h9-10H,3-8H2,1-2H3. The summed E-state index contributed by atoms with van der Waals surface area (Å²) in [6.45, 7) is 7.02. The van der Waals surface area contributed by atoms with E-state index < -0.39 is 0 Å². The van der Waals surface area contributed by atoms with Crippen molar-refractivity contribution in [3.8, 4) is 0 Å². The van der Waals surface area contributed by atoms with Crippen molar-refractivity contribution in [3.63, 3.8) is 0 Å². The molecule has 2 atom stereocenters. The van der Waals surface area contributed by atoms with Crippen molar-refractivity contribution < 1.29 is 0 Å². The molecule has 1 saturated heterocycles. The lowest BCUT2D eigenvalue weighted by Gasteiger charge is -2.28. The van der Waals surface area contributed by atoms with Crippen LogP contribution >= 0.6 is 11.6 Å². The summed E-state index contributed by atoms with van der Waals surface area (Å²) >= 11 is 6.07. The van der Waals surface area contributed by atoms with E-state index in [9.17, 15) is 0 Å². The first kappa shape index (κ1) is 12.9. The molecule has 1 aliphatic heterocycles. The zero-order valence-corrected chi connectivity index (χ0v) is 12.3. The second kappa shape index (κ2) is 5.12. The molecule has 5 nitrogen and oxygen atoms in total. The zero-order valence-electron chi connectivity index (χ0n) is 11.5. The minimum atomic E-state index is 0.301. The Morgan fingerprint density at radius 2 is 2.00 bits per heavy atom. The maximum atomic E-state index is 6.07. The van der Waals surface area contributed by atoms with E-state index in [0.29, 0.717) is 17.3 Å². The quantitative estimate of drug-likeness (QED) is 0.848. The van der Waals surface area contributed by atoms with Crippen LogP contribution in [0.25, 0.3) is 0 Å². The van der Waals surface area contributed by atoms with Crippen LogP contribution in [0, 0.1) is 5.92 Å². The average Bonchev–Trinajstić information content (AvgIpc) is 3.02. The van der Waals surface area contributed by atoms with Crippen LogP contribution in [-0.4, -0.2) is 40.6 Å². The van der Waals surface area contributed by atoms with Crippen molar-refractivity contribution in [1.29, 1.82) is 0 Å². The number of piperidine rings is 1. The Morgan fingerprint density at radius 1 is 1.21 bits per heavy atom. The summed E-state index contributed by atoms with van der Waals surface area (Å²) in [5.41, 5.74) is 0. The summed E-state index contributed by atoms with van der Waals surface area (Å²) in [6.07, 6.45) is 3.89. The van der Waals surface area contributed by atoms with E-state index in [1.165, 1.54) is 19.3 Å². The van der Waals surface area contributed by atoms with Crippen LogP contribution in [0.2, 0.25) is 5.28 Å². The first-order valence-corrected chi connectivity index (χ1v) is 7.52. The normalized spacial score (nSPS) is 25.1. The predicted molar refractivity (Wildman–Crippen MR) is 76.9 cm³/mol. The Bertz CT molecular complexity index is 462. The van der Waals surface area contributed by atoms with Gasteiger partial charge in [-0.3, -0.25) is 0 Å². The molecule has 2 unspecified atom stereocenters. The molecule has 2 bridgehead atoms. The van der Waals surface area contributed by atoms with Crippen molar-refractivity contribution >= 4 is 23.5 Å². The largest absolute Gasteiger partial charge is 0.341 e. The van der Waals surface area contributed by atoms with Crippen LogP contribution in [0.3, 0.4) is 0 Å². The van der Waals surface area contributed by atoms with Gasteiger partial charge in [0.15, 0.2) is 0 Å². The maximum Gasteiger partial charge on any atom is 0.231 e. The number of halogens is 1. The fraction of sp³-hybridized carbons (Fsp3) is 0.769. The molecule has 0 N–H and O–H groups in total. The van der Waals surface area contributed by atoms with Gasteiger partial charge in [0.25, 0.3) is 0 Å². The molecule has 0 radical (unpaired) electrons. The van der Waals surface area contributed by atoms with Crippen LogP contribution in [0.15, 0.2) is 0 Å². The molecule has 1 aliphatic carbocycles. The Labute approximate surface area is 119 Å². The van der Waals surface area contributed by atoms with Crippen molar-refractivity contribution in [2.24, 2.45) is 5.92 Å². The molecule has 1 saturated carbocycles. The van der Waals surface area contributed by atoms with Crippen LogP contribution in [0.4, 0.5) is 11.9 Å². The maximum absolute atomic E-state index is 6.07. The highest BCUT2D eigenvalue weighted by molar-refractivity contribution is 6.28. The first-order chi connectivity index (χ1) is 9.21. The summed E-state index contributed by atoms with van der Waals surface area (Å²) in [7, 11) is 0. The average molecular weight is 282 g/mol. The first-order valence-electron chi connectivity index (χ1n) is 7.14. The second-order valence-electron chi connectivity index (χ2n) is 5.36. The minimum absolute atomic E-state index is 0.301. The predicted octanol–water partition coefficient (Wildman–Crippen LogP) is 2.36. The van der Waals surface area contributed by atoms with Gasteiger partial charge in [0.2, 0.25) is 17.2 Å². The lowest BCUT2D eigenvalue weighted by molar-refractivity contribution is 0.545. The molecule has 0 aromatic carbocycles. The SMILES string of the molecule is CCN(CC)c1nc(Cl)nc(N2CC3CCC2C3)n1.